The second kappa shape index (κ2) is 10.6. The van der Waals surface area contributed by atoms with Gasteiger partial charge in [0.2, 0.25) is 0 Å². The highest BCUT2D eigenvalue weighted by atomic mass is 16.5. The van der Waals surface area contributed by atoms with Crippen LogP contribution in [0.15, 0.2) is 0 Å². The van der Waals surface area contributed by atoms with Crippen molar-refractivity contribution < 1.29 is 9.47 Å². The zero-order valence-electron chi connectivity index (χ0n) is 13.0. The van der Waals surface area contributed by atoms with Crippen LogP contribution in [0.25, 0.3) is 0 Å². The number of methoxy groups -OCH3 is 1. The quantitative estimate of drug-likeness (QED) is 0.616. The van der Waals surface area contributed by atoms with Gasteiger partial charge < -0.3 is 14.8 Å². The van der Waals surface area contributed by atoms with Gasteiger partial charge in [-0.25, -0.2) is 0 Å². The van der Waals surface area contributed by atoms with Crippen LogP contribution in [0, 0.1) is 0 Å². The summed E-state index contributed by atoms with van der Waals surface area (Å²) in [6.07, 6.45) is 5.07. The van der Waals surface area contributed by atoms with Crippen molar-refractivity contribution in [2.45, 2.75) is 51.6 Å². The number of rotatable bonds is 10. The van der Waals surface area contributed by atoms with Gasteiger partial charge in [0, 0.05) is 38.8 Å². The van der Waals surface area contributed by atoms with Gasteiger partial charge in [-0.2, -0.15) is 0 Å². The third-order valence-corrected chi connectivity index (χ3v) is 3.83. The van der Waals surface area contributed by atoms with Gasteiger partial charge in [0.1, 0.15) is 0 Å². The second-order valence-electron chi connectivity index (χ2n) is 5.44. The maximum absolute atomic E-state index is 5.61. The molecule has 1 N–H and O–H groups in total. The Morgan fingerprint density at radius 1 is 1.11 bits per heavy atom. The zero-order chi connectivity index (χ0) is 13.9. The van der Waals surface area contributed by atoms with Crippen molar-refractivity contribution in [3.63, 3.8) is 0 Å². The Hall–Kier alpha value is -0.160. The van der Waals surface area contributed by atoms with Crippen molar-refractivity contribution in [3.05, 3.63) is 0 Å². The molecule has 0 radical (unpaired) electrons. The number of nitrogens with one attached hydrogen (secondary N) is 1. The van der Waals surface area contributed by atoms with E-state index in [9.17, 15) is 0 Å². The van der Waals surface area contributed by atoms with Gasteiger partial charge in [-0.05, 0) is 12.8 Å². The summed E-state index contributed by atoms with van der Waals surface area (Å²) >= 11 is 0. The van der Waals surface area contributed by atoms with Crippen molar-refractivity contribution in [2.75, 3.05) is 46.6 Å². The molecule has 1 saturated heterocycles. The monoisotopic (exact) mass is 272 g/mol. The summed E-state index contributed by atoms with van der Waals surface area (Å²) in [6, 6.07) is 1.35. The third-order valence-electron chi connectivity index (χ3n) is 3.83. The standard InChI is InChI=1S/C15H32N2O2/c1-4-6-14-13-17(8-9-19-11-10-18-3)15(7-5-2)12-16-14/h14-16H,4-13H2,1-3H3. The summed E-state index contributed by atoms with van der Waals surface area (Å²) in [5, 5.41) is 3.69. The molecule has 1 aliphatic heterocycles. The summed E-state index contributed by atoms with van der Waals surface area (Å²) in [5.74, 6) is 0. The van der Waals surface area contributed by atoms with Gasteiger partial charge in [-0.15, -0.1) is 0 Å². The molecule has 0 amide bonds. The van der Waals surface area contributed by atoms with Crippen LogP contribution in [0.2, 0.25) is 0 Å². The highest BCUT2D eigenvalue weighted by Crippen LogP contribution is 2.14. The van der Waals surface area contributed by atoms with Gasteiger partial charge in [-0.3, -0.25) is 4.90 Å². The first-order chi connectivity index (χ1) is 9.31. The number of nitrogens with zero attached hydrogens (tertiary/aromatic N) is 1. The van der Waals surface area contributed by atoms with Gasteiger partial charge in [0.05, 0.1) is 19.8 Å². The molecule has 1 fully saturated rings. The van der Waals surface area contributed by atoms with E-state index < -0.39 is 0 Å². The molecule has 0 spiro atoms. The Morgan fingerprint density at radius 3 is 2.58 bits per heavy atom. The molecule has 0 saturated carbocycles. The number of ether oxygens (including phenoxy) is 2. The second-order valence-corrected chi connectivity index (χ2v) is 5.44. The summed E-state index contributed by atoms with van der Waals surface area (Å²) in [7, 11) is 1.71. The molecule has 114 valence electrons. The smallest absolute Gasteiger partial charge is 0.0700 e. The summed E-state index contributed by atoms with van der Waals surface area (Å²) in [6.45, 7) is 10.1. The Balaban J connectivity index is 2.29. The highest BCUT2D eigenvalue weighted by molar-refractivity contribution is 4.85. The van der Waals surface area contributed by atoms with Crippen LogP contribution in [0.5, 0.6) is 0 Å². The molecule has 1 aliphatic rings. The minimum Gasteiger partial charge on any atom is -0.382 e. The maximum atomic E-state index is 5.61. The number of hydrogen-bond donors (Lipinski definition) is 1. The minimum atomic E-state index is 0.664. The molecular weight excluding hydrogens is 240 g/mol. The Kier molecular flexibility index (Phi) is 9.43. The van der Waals surface area contributed by atoms with E-state index in [2.05, 4.69) is 24.1 Å². The largest absolute Gasteiger partial charge is 0.382 e. The van der Waals surface area contributed by atoms with Gasteiger partial charge >= 0.3 is 0 Å². The van der Waals surface area contributed by atoms with Crippen LogP contribution >= 0.6 is 0 Å². The predicted octanol–water partition coefficient (Wildman–Crippen LogP) is 1.89. The SMILES string of the molecule is CCCC1CN(CCOCCOC)C(CCC)CN1. The van der Waals surface area contributed by atoms with Crippen LogP contribution in [-0.2, 0) is 9.47 Å². The lowest BCUT2D eigenvalue weighted by Gasteiger charge is -2.40. The van der Waals surface area contributed by atoms with Crippen molar-refractivity contribution in [2.24, 2.45) is 0 Å². The molecule has 0 aromatic rings. The molecule has 1 rings (SSSR count). The molecule has 2 unspecified atom stereocenters. The molecule has 0 bridgehead atoms. The van der Waals surface area contributed by atoms with E-state index in [0.717, 1.165) is 19.7 Å². The molecule has 4 heteroatoms. The van der Waals surface area contributed by atoms with Gasteiger partial charge in [0.15, 0.2) is 0 Å². The molecule has 1 heterocycles. The van der Waals surface area contributed by atoms with E-state index in [1.165, 1.54) is 32.2 Å². The zero-order valence-corrected chi connectivity index (χ0v) is 13.0. The Labute approximate surface area is 118 Å². The average Bonchev–Trinajstić information content (AvgIpc) is 2.42. The molecule has 2 atom stereocenters. The van der Waals surface area contributed by atoms with E-state index in [1.807, 2.05) is 0 Å². The molecule has 19 heavy (non-hydrogen) atoms. The van der Waals surface area contributed by atoms with Crippen molar-refractivity contribution >= 4 is 0 Å². The number of hydrogen-bond acceptors (Lipinski definition) is 4. The van der Waals surface area contributed by atoms with Crippen molar-refractivity contribution in [1.29, 1.82) is 0 Å². The molecule has 0 aromatic heterocycles. The van der Waals surface area contributed by atoms with E-state index >= 15 is 0 Å². The lowest BCUT2D eigenvalue weighted by atomic mass is 10.0. The minimum absolute atomic E-state index is 0.664. The van der Waals surface area contributed by atoms with E-state index in [-0.39, 0.29) is 0 Å². The summed E-state index contributed by atoms with van der Waals surface area (Å²) < 4.78 is 10.6. The van der Waals surface area contributed by atoms with Gasteiger partial charge in [0.25, 0.3) is 0 Å². The fraction of sp³-hybridized carbons (Fsp3) is 1.00. The van der Waals surface area contributed by atoms with E-state index in [4.69, 9.17) is 9.47 Å². The first-order valence-corrected chi connectivity index (χ1v) is 7.85. The third kappa shape index (κ3) is 6.70. The predicted molar refractivity (Wildman–Crippen MR) is 79.7 cm³/mol. The fourth-order valence-electron chi connectivity index (χ4n) is 2.79. The molecular formula is C15H32N2O2. The van der Waals surface area contributed by atoms with E-state index in [1.54, 1.807) is 7.11 Å². The highest BCUT2D eigenvalue weighted by Gasteiger charge is 2.26. The van der Waals surface area contributed by atoms with Gasteiger partial charge in [-0.1, -0.05) is 26.7 Å². The first kappa shape index (κ1) is 16.9. The fourth-order valence-corrected chi connectivity index (χ4v) is 2.79. The van der Waals surface area contributed by atoms with Crippen molar-refractivity contribution in [1.82, 2.24) is 10.2 Å². The lowest BCUT2D eigenvalue weighted by Crippen LogP contribution is -2.57. The van der Waals surface area contributed by atoms with Crippen LogP contribution in [0.4, 0.5) is 0 Å². The number of piperazine rings is 1. The average molecular weight is 272 g/mol. The van der Waals surface area contributed by atoms with Crippen LogP contribution < -0.4 is 5.32 Å². The molecule has 4 nitrogen and oxygen atoms in total. The maximum Gasteiger partial charge on any atom is 0.0700 e. The van der Waals surface area contributed by atoms with Crippen LogP contribution in [0.3, 0.4) is 0 Å². The lowest BCUT2D eigenvalue weighted by molar-refractivity contribution is 0.0371. The topological polar surface area (TPSA) is 33.7 Å². The Bertz CT molecular complexity index is 214. The Morgan fingerprint density at radius 2 is 1.89 bits per heavy atom. The normalized spacial score (nSPS) is 24.8. The summed E-state index contributed by atoms with van der Waals surface area (Å²) in [4.78, 5) is 2.62. The molecule has 0 aliphatic carbocycles. The molecule has 0 aromatic carbocycles. The summed E-state index contributed by atoms with van der Waals surface area (Å²) in [5.41, 5.74) is 0. The van der Waals surface area contributed by atoms with Crippen LogP contribution in [0.1, 0.15) is 39.5 Å². The van der Waals surface area contributed by atoms with Crippen molar-refractivity contribution in [3.8, 4) is 0 Å². The van der Waals surface area contributed by atoms with Crippen LogP contribution in [-0.4, -0.2) is 63.5 Å². The first-order valence-electron chi connectivity index (χ1n) is 7.85. The van der Waals surface area contributed by atoms with E-state index in [0.29, 0.717) is 25.3 Å².